The first kappa shape index (κ1) is 16.7. The quantitative estimate of drug-likeness (QED) is 0.845. The van der Waals surface area contributed by atoms with E-state index in [0.29, 0.717) is 21.6 Å². The highest BCUT2D eigenvalue weighted by atomic mass is 35.5. The molecule has 0 aliphatic carbocycles. The van der Waals surface area contributed by atoms with Gasteiger partial charge < -0.3 is 19.6 Å². The predicted octanol–water partition coefficient (Wildman–Crippen LogP) is 2.99. The minimum absolute atomic E-state index is 0.000983. The third-order valence-electron chi connectivity index (χ3n) is 2.89. The Kier molecular flexibility index (Phi) is 5.34. The van der Waals surface area contributed by atoms with Crippen LogP contribution in [0.4, 0.5) is 0 Å². The van der Waals surface area contributed by atoms with Crippen LogP contribution in [-0.4, -0.2) is 24.2 Å². The molecule has 0 aliphatic heterocycles. The molecular weight excluding hydrogens is 329 g/mol. The Balaban J connectivity index is 1.83. The Hall–Kier alpha value is -1.69. The molecule has 0 spiro atoms. The van der Waals surface area contributed by atoms with Gasteiger partial charge in [0.05, 0.1) is 12.8 Å². The summed E-state index contributed by atoms with van der Waals surface area (Å²) in [6, 6.07) is 7.98. The minimum atomic E-state index is -1.29. The molecule has 1 atom stereocenters. The fourth-order valence-electron chi connectivity index (χ4n) is 1.75. The molecule has 0 saturated heterocycles. The zero-order valence-electron chi connectivity index (χ0n) is 11.8. The van der Waals surface area contributed by atoms with Gasteiger partial charge in [0.1, 0.15) is 17.1 Å². The van der Waals surface area contributed by atoms with E-state index in [-0.39, 0.29) is 19.1 Å². The van der Waals surface area contributed by atoms with Gasteiger partial charge in [-0.05, 0) is 37.3 Å². The lowest BCUT2D eigenvalue weighted by Crippen LogP contribution is -2.40. The summed E-state index contributed by atoms with van der Waals surface area (Å²) in [6.07, 6.45) is 1.46. The van der Waals surface area contributed by atoms with E-state index in [9.17, 15) is 9.90 Å². The van der Waals surface area contributed by atoms with E-state index < -0.39 is 5.60 Å². The van der Waals surface area contributed by atoms with E-state index in [1.165, 1.54) is 6.26 Å². The molecular formula is C15H15Cl2NO4. The second kappa shape index (κ2) is 7.05. The van der Waals surface area contributed by atoms with Crippen LogP contribution in [0.25, 0.3) is 0 Å². The van der Waals surface area contributed by atoms with Crippen molar-refractivity contribution in [2.45, 2.75) is 12.5 Å². The highest BCUT2D eigenvalue weighted by Crippen LogP contribution is 2.24. The number of ether oxygens (including phenoxy) is 1. The van der Waals surface area contributed by atoms with Crippen molar-refractivity contribution in [2.24, 2.45) is 0 Å². The fourth-order valence-corrected chi connectivity index (χ4v) is 2.26. The van der Waals surface area contributed by atoms with Gasteiger partial charge in [-0.3, -0.25) is 4.79 Å². The molecule has 0 aliphatic rings. The van der Waals surface area contributed by atoms with Crippen LogP contribution in [0.2, 0.25) is 10.0 Å². The number of carbonyl (C=O) groups excluding carboxylic acids is 1. The lowest BCUT2D eigenvalue weighted by molar-refractivity contribution is -0.124. The number of benzene rings is 1. The van der Waals surface area contributed by atoms with Crippen molar-refractivity contribution in [1.29, 1.82) is 0 Å². The molecule has 1 aromatic carbocycles. The van der Waals surface area contributed by atoms with Gasteiger partial charge in [0.2, 0.25) is 0 Å². The van der Waals surface area contributed by atoms with Crippen molar-refractivity contribution in [2.75, 3.05) is 13.2 Å². The highest BCUT2D eigenvalue weighted by molar-refractivity contribution is 6.34. The Morgan fingerprint density at radius 2 is 2.05 bits per heavy atom. The molecule has 1 amide bonds. The van der Waals surface area contributed by atoms with Crippen LogP contribution in [0, 0.1) is 0 Å². The summed E-state index contributed by atoms with van der Waals surface area (Å²) < 4.78 is 10.4. The maximum absolute atomic E-state index is 11.8. The number of aliphatic hydroxyl groups is 1. The summed E-state index contributed by atoms with van der Waals surface area (Å²) in [5, 5.41) is 13.6. The van der Waals surface area contributed by atoms with Gasteiger partial charge in [-0.1, -0.05) is 23.2 Å². The molecule has 0 saturated carbocycles. The van der Waals surface area contributed by atoms with Gasteiger partial charge in [-0.15, -0.1) is 0 Å². The van der Waals surface area contributed by atoms with Crippen molar-refractivity contribution in [1.82, 2.24) is 5.32 Å². The first-order chi connectivity index (χ1) is 10.4. The highest BCUT2D eigenvalue weighted by Gasteiger charge is 2.26. The zero-order valence-corrected chi connectivity index (χ0v) is 13.3. The molecule has 1 heterocycles. The standard InChI is InChI=1S/C15H15Cl2NO4/c1-15(20,13-3-2-4-21-13)9-18-14(19)8-22-12-6-10(16)5-11(17)7-12/h2-7,20H,8-9H2,1H3,(H,18,19). The average Bonchev–Trinajstić information content (AvgIpc) is 2.97. The van der Waals surface area contributed by atoms with Gasteiger partial charge in [-0.2, -0.15) is 0 Å². The van der Waals surface area contributed by atoms with Crippen LogP contribution < -0.4 is 10.1 Å². The zero-order chi connectivity index (χ0) is 16.2. The fraction of sp³-hybridized carbons (Fsp3) is 0.267. The van der Waals surface area contributed by atoms with Crippen molar-refractivity contribution in [3.63, 3.8) is 0 Å². The van der Waals surface area contributed by atoms with Crippen LogP contribution in [0.15, 0.2) is 41.0 Å². The maximum atomic E-state index is 11.8. The summed E-state index contributed by atoms with van der Waals surface area (Å²) in [5.41, 5.74) is -1.29. The van der Waals surface area contributed by atoms with Gasteiger partial charge in [0.15, 0.2) is 6.61 Å². The molecule has 5 nitrogen and oxygen atoms in total. The second-order valence-electron chi connectivity index (χ2n) is 4.92. The van der Waals surface area contributed by atoms with Crippen molar-refractivity contribution < 1.29 is 19.1 Å². The number of furan rings is 1. The maximum Gasteiger partial charge on any atom is 0.258 e. The molecule has 118 valence electrons. The average molecular weight is 344 g/mol. The number of halogens is 2. The normalized spacial score (nSPS) is 13.5. The molecule has 0 bridgehead atoms. The molecule has 1 unspecified atom stereocenters. The summed E-state index contributed by atoms with van der Waals surface area (Å²) in [5.74, 6) is 0.378. The van der Waals surface area contributed by atoms with E-state index >= 15 is 0 Å². The van der Waals surface area contributed by atoms with Gasteiger partial charge >= 0.3 is 0 Å². The van der Waals surface area contributed by atoms with Crippen LogP contribution in [-0.2, 0) is 10.4 Å². The first-order valence-corrected chi connectivity index (χ1v) is 7.24. The smallest absolute Gasteiger partial charge is 0.258 e. The number of rotatable bonds is 6. The number of hydrogen-bond acceptors (Lipinski definition) is 4. The Morgan fingerprint density at radius 3 is 2.64 bits per heavy atom. The van der Waals surface area contributed by atoms with Gasteiger partial charge in [0, 0.05) is 10.0 Å². The monoisotopic (exact) mass is 343 g/mol. The van der Waals surface area contributed by atoms with E-state index in [1.54, 1.807) is 37.3 Å². The number of nitrogens with one attached hydrogen (secondary N) is 1. The molecule has 7 heteroatoms. The van der Waals surface area contributed by atoms with Crippen molar-refractivity contribution in [3.8, 4) is 5.75 Å². The molecule has 0 radical (unpaired) electrons. The molecule has 2 aromatic rings. The van der Waals surface area contributed by atoms with Crippen LogP contribution in [0.1, 0.15) is 12.7 Å². The van der Waals surface area contributed by atoms with Gasteiger partial charge in [-0.25, -0.2) is 0 Å². The van der Waals surface area contributed by atoms with Crippen LogP contribution in [0.5, 0.6) is 5.75 Å². The van der Waals surface area contributed by atoms with Gasteiger partial charge in [0.25, 0.3) is 5.91 Å². The molecule has 2 rings (SSSR count). The Labute approximate surface area is 137 Å². The van der Waals surface area contributed by atoms with E-state index in [0.717, 1.165) is 0 Å². The lowest BCUT2D eigenvalue weighted by Gasteiger charge is -2.21. The lowest BCUT2D eigenvalue weighted by atomic mass is 10.0. The summed E-state index contributed by atoms with van der Waals surface area (Å²) in [4.78, 5) is 11.8. The van der Waals surface area contributed by atoms with E-state index in [2.05, 4.69) is 5.32 Å². The summed E-state index contributed by atoms with van der Waals surface area (Å²) in [7, 11) is 0. The molecule has 1 aromatic heterocycles. The SMILES string of the molecule is CC(O)(CNC(=O)COc1cc(Cl)cc(Cl)c1)c1ccco1. The molecule has 0 fully saturated rings. The third kappa shape index (κ3) is 4.66. The van der Waals surface area contributed by atoms with Crippen molar-refractivity contribution in [3.05, 3.63) is 52.4 Å². The minimum Gasteiger partial charge on any atom is -0.484 e. The first-order valence-electron chi connectivity index (χ1n) is 6.49. The van der Waals surface area contributed by atoms with E-state index in [4.69, 9.17) is 32.4 Å². The number of carbonyl (C=O) groups is 1. The van der Waals surface area contributed by atoms with Crippen LogP contribution in [0.3, 0.4) is 0 Å². The largest absolute Gasteiger partial charge is 0.484 e. The molecule has 22 heavy (non-hydrogen) atoms. The summed E-state index contributed by atoms with van der Waals surface area (Å²) in [6.45, 7) is 1.33. The third-order valence-corrected chi connectivity index (χ3v) is 3.32. The topological polar surface area (TPSA) is 71.7 Å². The second-order valence-corrected chi connectivity index (χ2v) is 5.79. The number of hydrogen-bond donors (Lipinski definition) is 2. The Morgan fingerprint density at radius 1 is 1.36 bits per heavy atom. The van der Waals surface area contributed by atoms with Crippen LogP contribution >= 0.6 is 23.2 Å². The van der Waals surface area contributed by atoms with E-state index in [1.807, 2.05) is 0 Å². The predicted molar refractivity (Wildman–Crippen MR) is 83.2 cm³/mol. The molecule has 2 N–H and O–H groups in total. The summed E-state index contributed by atoms with van der Waals surface area (Å²) >= 11 is 11.7. The van der Waals surface area contributed by atoms with Crippen molar-refractivity contribution >= 4 is 29.1 Å². The Bertz CT molecular complexity index is 621. The number of amides is 1.